The number of fused-ring (bicyclic) bond motifs is 1. The zero-order valence-electron chi connectivity index (χ0n) is 14.7. The summed E-state index contributed by atoms with van der Waals surface area (Å²) in [5.74, 6) is 0.145. The second kappa shape index (κ2) is 6.43. The normalized spacial score (nSPS) is 24.7. The van der Waals surface area contributed by atoms with Gasteiger partial charge < -0.3 is 10.2 Å². The highest BCUT2D eigenvalue weighted by Gasteiger charge is 2.36. The van der Waals surface area contributed by atoms with Crippen LogP contribution in [0.3, 0.4) is 0 Å². The maximum atomic E-state index is 12.6. The quantitative estimate of drug-likeness (QED) is 0.884. The standard InChI is InChI=1S/C20H22N2O3S/c1-14-12-26(24,25)13-19(14)21-20(23)22-10-9-16(11-22)18-8-4-6-15-5-2-3-7-17(15)18/h2-9,14,19H,10-13H2,1H3,(H,21,23)/t14-,19+/m0/s1. The van der Waals surface area contributed by atoms with E-state index in [9.17, 15) is 13.2 Å². The predicted molar refractivity (Wildman–Crippen MR) is 104 cm³/mol. The molecule has 2 aromatic rings. The summed E-state index contributed by atoms with van der Waals surface area (Å²) in [4.78, 5) is 14.3. The Kier molecular flexibility index (Phi) is 4.23. The summed E-state index contributed by atoms with van der Waals surface area (Å²) in [6.45, 7) is 2.95. The first-order valence-electron chi connectivity index (χ1n) is 8.86. The molecule has 0 saturated carbocycles. The first kappa shape index (κ1) is 17.1. The van der Waals surface area contributed by atoms with Crippen molar-refractivity contribution < 1.29 is 13.2 Å². The van der Waals surface area contributed by atoms with Crippen LogP contribution in [0.15, 0.2) is 48.5 Å². The van der Waals surface area contributed by atoms with Gasteiger partial charge in [0.1, 0.15) is 0 Å². The third-order valence-corrected chi connectivity index (χ3v) is 7.19. The average molecular weight is 370 g/mol. The molecule has 2 aromatic carbocycles. The summed E-state index contributed by atoms with van der Waals surface area (Å²) in [5, 5.41) is 5.27. The number of rotatable bonds is 2. The molecule has 2 amide bonds. The van der Waals surface area contributed by atoms with E-state index in [1.54, 1.807) is 4.90 Å². The van der Waals surface area contributed by atoms with E-state index in [1.807, 2.05) is 25.1 Å². The van der Waals surface area contributed by atoms with Crippen LogP contribution in [0, 0.1) is 5.92 Å². The van der Waals surface area contributed by atoms with Crippen molar-refractivity contribution in [2.75, 3.05) is 24.6 Å². The Labute approximate surface area is 153 Å². The van der Waals surface area contributed by atoms with Crippen LogP contribution in [-0.2, 0) is 9.84 Å². The van der Waals surface area contributed by atoms with Crippen LogP contribution in [0.4, 0.5) is 4.79 Å². The molecule has 0 aliphatic carbocycles. The van der Waals surface area contributed by atoms with Crippen molar-refractivity contribution >= 4 is 32.2 Å². The van der Waals surface area contributed by atoms with Gasteiger partial charge in [-0.3, -0.25) is 0 Å². The molecule has 4 rings (SSSR count). The SMILES string of the molecule is C[C@H]1CS(=O)(=O)C[C@H]1NC(=O)N1CC=C(c2cccc3ccccc23)C1. The number of carbonyl (C=O) groups is 1. The largest absolute Gasteiger partial charge is 0.334 e. The number of carbonyl (C=O) groups excluding carboxylic acids is 1. The van der Waals surface area contributed by atoms with Crippen LogP contribution in [-0.4, -0.2) is 50.0 Å². The summed E-state index contributed by atoms with van der Waals surface area (Å²) in [6, 6.07) is 13.9. The highest BCUT2D eigenvalue weighted by atomic mass is 32.2. The number of nitrogens with one attached hydrogen (secondary N) is 1. The van der Waals surface area contributed by atoms with Gasteiger partial charge in [-0.25, -0.2) is 13.2 Å². The van der Waals surface area contributed by atoms with E-state index in [0.29, 0.717) is 13.1 Å². The molecule has 0 bridgehead atoms. The van der Waals surface area contributed by atoms with Gasteiger partial charge in [-0.1, -0.05) is 55.5 Å². The predicted octanol–water partition coefficient (Wildman–Crippen LogP) is 2.68. The lowest BCUT2D eigenvalue weighted by atomic mass is 9.99. The van der Waals surface area contributed by atoms with Gasteiger partial charge in [-0.15, -0.1) is 0 Å². The number of hydrogen-bond donors (Lipinski definition) is 1. The molecule has 6 heteroatoms. The number of sulfone groups is 1. The Balaban J connectivity index is 1.47. The van der Waals surface area contributed by atoms with Crippen molar-refractivity contribution in [1.82, 2.24) is 10.2 Å². The molecule has 5 nitrogen and oxygen atoms in total. The number of urea groups is 1. The minimum absolute atomic E-state index is 0.0390. The van der Waals surface area contributed by atoms with Gasteiger partial charge >= 0.3 is 6.03 Å². The molecule has 2 heterocycles. The zero-order chi connectivity index (χ0) is 18.3. The van der Waals surface area contributed by atoms with Crippen molar-refractivity contribution in [3.05, 3.63) is 54.1 Å². The third-order valence-electron chi connectivity index (χ3n) is 5.29. The summed E-state index contributed by atoms with van der Waals surface area (Å²) >= 11 is 0. The smallest absolute Gasteiger partial charge is 0.318 e. The Bertz CT molecular complexity index is 992. The summed E-state index contributed by atoms with van der Waals surface area (Å²) in [7, 11) is -3.04. The highest BCUT2D eigenvalue weighted by Crippen LogP contribution is 2.28. The second-order valence-corrected chi connectivity index (χ2v) is 9.40. The van der Waals surface area contributed by atoms with E-state index in [1.165, 1.54) is 10.8 Å². The fourth-order valence-corrected chi connectivity index (χ4v) is 6.00. The van der Waals surface area contributed by atoms with E-state index in [0.717, 1.165) is 11.1 Å². The molecule has 136 valence electrons. The molecule has 2 aliphatic rings. The van der Waals surface area contributed by atoms with Crippen molar-refractivity contribution in [3.8, 4) is 0 Å². The molecular weight excluding hydrogens is 348 g/mol. The van der Waals surface area contributed by atoms with Crippen molar-refractivity contribution in [1.29, 1.82) is 0 Å². The summed E-state index contributed by atoms with van der Waals surface area (Å²) in [5.41, 5.74) is 2.28. The maximum Gasteiger partial charge on any atom is 0.318 e. The van der Waals surface area contributed by atoms with E-state index in [4.69, 9.17) is 0 Å². The van der Waals surface area contributed by atoms with E-state index >= 15 is 0 Å². The summed E-state index contributed by atoms with van der Waals surface area (Å²) in [6.07, 6.45) is 2.08. The number of amides is 2. The second-order valence-electron chi connectivity index (χ2n) is 7.25. The fourth-order valence-electron chi connectivity index (χ4n) is 3.87. The monoisotopic (exact) mass is 370 g/mol. The Morgan fingerprint density at radius 1 is 1.12 bits per heavy atom. The van der Waals surface area contributed by atoms with Crippen molar-refractivity contribution in [3.63, 3.8) is 0 Å². The lowest BCUT2D eigenvalue weighted by molar-refractivity contribution is 0.205. The van der Waals surface area contributed by atoms with Gasteiger partial charge in [-0.2, -0.15) is 0 Å². The maximum absolute atomic E-state index is 12.6. The molecule has 0 spiro atoms. The molecule has 26 heavy (non-hydrogen) atoms. The molecular formula is C20H22N2O3S. The van der Waals surface area contributed by atoms with E-state index in [2.05, 4.69) is 35.7 Å². The first-order chi connectivity index (χ1) is 12.4. The molecule has 0 aromatic heterocycles. The van der Waals surface area contributed by atoms with Crippen LogP contribution >= 0.6 is 0 Å². The van der Waals surface area contributed by atoms with Gasteiger partial charge in [-0.05, 0) is 27.8 Å². The van der Waals surface area contributed by atoms with Crippen LogP contribution in [0.25, 0.3) is 16.3 Å². The fraction of sp³-hybridized carbons (Fsp3) is 0.350. The average Bonchev–Trinajstić information content (AvgIpc) is 3.19. The topological polar surface area (TPSA) is 66.5 Å². The Morgan fingerprint density at radius 3 is 2.65 bits per heavy atom. The van der Waals surface area contributed by atoms with E-state index in [-0.39, 0.29) is 29.5 Å². The van der Waals surface area contributed by atoms with Gasteiger partial charge in [0.2, 0.25) is 0 Å². The lowest BCUT2D eigenvalue weighted by Crippen LogP contribution is -2.46. The Morgan fingerprint density at radius 2 is 1.88 bits per heavy atom. The van der Waals surface area contributed by atoms with Crippen LogP contribution in [0.1, 0.15) is 12.5 Å². The van der Waals surface area contributed by atoms with Crippen molar-refractivity contribution in [2.24, 2.45) is 5.92 Å². The first-order valence-corrected chi connectivity index (χ1v) is 10.7. The van der Waals surface area contributed by atoms with Gasteiger partial charge in [0.15, 0.2) is 9.84 Å². The van der Waals surface area contributed by atoms with Crippen LogP contribution < -0.4 is 5.32 Å². The summed E-state index contributed by atoms with van der Waals surface area (Å²) < 4.78 is 23.5. The van der Waals surface area contributed by atoms with Crippen LogP contribution in [0.2, 0.25) is 0 Å². The number of hydrogen-bond acceptors (Lipinski definition) is 3. The molecule has 2 atom stereocenters. The van der Waals surface area contributed by atoms with Gasteiger partial charge in [0.25, 0.3) is 0 Å². The van der Waals surface area contributed by atoms with Crippen molar-refractivity contribution in [2.45, 2.75) is 13.0 Å². The molecule has 1 fully saturated rings. The Hall–Kier alpha value is -2.34. The minimum Gasteiger partial charge on any atom is -0.334 e. The third kappa shape index (κ3) is 3.21. The molecule has 1 N–H and O–H groups in total. The molecule has 0 radical (unpaired) electrons. The number of nitrogens with zero attached hydrogens (tertiary/aromatic N) is 1. The zero-order valence-corrected chi connectivity index (χ0v) is 15.5. The minimum atomic E-state index is -3.04. The molecule has 2 aliphatic heterocycles. The van der Waals surface area contributed by atoms with Gasteiger partial charge in [0.05, 0.1) is 11.5 Å². The van der Waals surface area contributed by atoms with Crippen LogP contribution in [0.5, 0.6) is 0 Å². The van der Waals surface area contributed by atoms with E-state index < -0.39 is 9.84 Å². The highest BCUT2D eigenvalue weighted by molar-refractivity contribution is 7.91. The lowest BCUT2D eigenvalue weighted by Gasteiger charge is -2.22. The molecule has 1 saturated heterocycles. The van der Waals surface area contributed by atoms with Gasteiger partial charge in [0, 0.05) is 19.1 Å². The number of benzene rings is 2. The molecule has 0 unspecified atom stereocenters.